The quantitative estimate of drug-likeness (QED) is 0.540. The molecular weight excluding hydrogens is 443 g/mol. The third-order valence-corrected chi connectivity index (χ3v) is 5.68. The number of hydrogen-bond donors (Lipinski definition) is 2. The van der Waals surface area contributed by atoms with Crippen LogP contribution in [0.2, 0.25) is 0 Å². The Morgan fingerprint density at radius 2 is 1.71 bits per heavy atom. The van der Waals surface area contributed by atoms with Crippen molar-refractivity contribution in [1.82, 2.24) is 5.32 Å². The molecule has 2 aromatic carbocycles. The van der Waals surface area contributed by atoms with Gasteiger partial charge in [-0.05, 0) is 61.2 Å². The van der Waals surface area contributed by atoms with E-state index >= 15 is 0 Å². The number of carbonyl (C=O) groups is 3. The standard InChI is InChI=1S/C25H29FN2O6/c1-16-5-3-4-6-20(16)28-24(30)15-34-25(31)17-7-12-21(22(13-17)32-2)33-14-23(29)27-19-10-8-18(26)9-11-19/h7-13,16,20H,3-6,14-15H2,1-2H3,(H,27,29)(H,28,30)/t16-,20-/m0/s1. The molecule has 2 amide bonds. The predicted molar refractivity (Wildman–Crippen MR) is 123 cm³/mol. The number of hydrogen-bond acceptors (Lipinski definition) is 6. The second-order valence-electron chi connectivity index (χ2n) is 8.22. The van der Waals surface area contributed by atoms with Gasteiger partial charge in [0.15, 0.2) is 24.7 Å². The topological polar surface area (TPSA) is 103 Å². The van der Waals surface area contributed by atoms with Crippen LogP contribution in [0.4, 0.5) is 10.1 Å². The van der Waals surface area contributed by atoms with Crippen molar-refractivity contribution >= 4 is 23.5 Å². The van der Waals surface area contributed by atoms with Gasteiger partial charge in [-0.1, -0.05) is 19.8 Å². The SMILES string of the molecule is COc1cc(C(=O)OCC(=O)N[C@H]2CCCC[C@@H]2C)ccc1OCC(=O)Nc1ccc(F)cc1. The zero-order valence-electron chi connectivity index (χ0n) is 19.3. The molecule has 0 aliphatic heterocycles. The van der Waals surface area contributed by atoms with Crippen LogP contribution < -0.4 is 20.1 Å². The zero-order valence-corrected chi connectivity index (χ0v) is 19.3. The Kier molecular flexibility index (Phi) is 8.84. The fourth-order valence-corrected chi connectivity index (χ4v) is 3.78. The molecule has 34 heavy (non-hydrogen) atoms. The second-order valence-corrected chi connectivity index (χ2v) is 8.22. The maximum Gasteiger partial charge on any atom is 0.338 e. The molecule has 0 unspecified atom stereocenters. The van der Waals surface area contributed by atoms with Crippen LogP contribution in [0.25, 0.3) is 0 Å². The summed E-state index contributed by atoms with van der Waals surface area (Å²) in [7, 11) is 1.40. The summed E-state index contributed by atoms with van der Waals surface area (Å²) < 4.78 is 28.8. The Hall–Kier alpha value is -3.62. The van der Waals surface area contributed by atoms with Crippen LogP contribution in [0.3, 0.4) is 0 Å². The second kappa shape index (κ2) is 12.0. The molecule has 1 saturated carbocycles. The smallest absolute Gasteiger partial charge is 0.338 e. The van der Waals surface area contributed by atoms with E-state index in [0.29, 0.717) is 11.6 Å². The van der Waals surface area contributed by atoms with Crippen molar-refractivity contribution < 1.29 is 33.0 Å². The number of halogens is 1. The minimum absolute atomic E-state index is 0.108. The molecule has 2 aromatic rings. The molecule has 2 N–H and O–H groups in total. The summed E-state index contributed by atoms with van der Waals surface area (Å²) in [5.74, 6) is -0.978. The van der Waals surface area contributed by atoms with E-state index in [4.69, 9.17) is 14.2 Å². The van der Waals surface area contributed by atoms with Crippen LogP contribution in [0, 0.1) is 11.7 Å². The summed E-state index contributed by atoms with van der Waals surface area (Å²) in [5, 5.41) is 5.52. The van der Waals surface area contributed by atoms with Gasteiger partial charge in [-0.2, -0.15) is 0 Å². The summed E-state index contributed by atoms with van der Waals surface area (Å²) in [6.07, 6.45) is 4.26. The lowest BCUT2D eigenvalue weighted by Crippen LogP contribution is -2.42. The number of carbonyl (C=O) groups excluding carboxylic acids is 3. The number of rotatable bonds is 9. The zero-order chi connectivity index (χ0) is 24.5. The minimum atomic E-state index is -0.675. The molecule has 0 aromatic heterocycles. The van der Waals surface area contributed by atoms with Crippen molar-refractivity contribution in [3.05, 3.63) is 53.8 Å². The van der Waals surface area contributed by atoms with Crippen LogP contribution in [0.5, 0.6) is 11.5 Å². The van der Waals surface area contributed by atoms with E-state index in [9.17, 15) is 18.8 Å². The highest BCUT2D eigenvalue weighted by Crippen LogP contribution is 2.28. The van der Waals surface area contributed by atoms with Gasteiger partial charge in [-0.3, -0.25) is 9.59 Å². The summed E-state index contributed by atoms with van der Waals surface area (Å²) in [6, 6.07) is 9.79. The van der Waals surface area contributed by atoms with E-state index in [2.05, 4.69) is 17.6 Å². The Bertz CT molecular complexity index is 1010. The van der Waals surface area contributed by atoms with E-state index in [-0.39, 0.29) is 42.2 Å². The maximum absolute atomic E-state index is 13.0. The lowest BCUT2D eigenvalue weighted by Gasteiger charge is -2.29. The third-order valence-electron chi connectivity index (χ3n) is 5.68. The third kappa shape index (κ3) is 7.19. The molecular formula is C25H29FN2O6. The van der Waals surface area contributed by atoms with Crippen molar-refractivity contribution in [3.63, 3.8) is 0 Å². The van der Waals surface area contributed by atoms with Crippen LogP contribution in [0.1, 0.15) is 43.0 Å². The van der Waals surface area contributed by atoms with Crippen LogP contribution >= 0.6 is 0 Å². The van der Waals surface area contributed by atoms with E-state index < -0.39 is 17.7 Å². The molecule has 0 heterocycles. The number of methoxy groups -OCH3 is 1. The summed E-state index contributed by atoms with van der Waals surface area (Å²) in [6.45, 7) is 1.42. The first-order chi connectivity index (χ1) is 16.4. The number of nitrogens with one attached hydrogen (secondary N) is 2. The molecule has 1 fully saturated rings. The van der Waals surface area contributed by atoms with Gasteiger partial charge in [0.05, 0.1) is 12.7 Å². The van der Waals surface area contributed by atoms with Gasteiger partial charge >= 0.3 is 5.97 Å². The van der Waals surface area contributed by atoms with Gasteiger partial charge in [0.1, 0.15) is 5.82 Å². The van der Waals surface area contributed by atoms with Gasteiger partial charge in [-0.15, -0.1) is 0 Å². The molecule has 182 valence electrons. The van der Waals surface area contributed by atoms with E-state index in [1.54, 1.807) is 0 Å². The van der Waals surface area contributed by atoms with Crippen LogP contribution in [0.15, 0.2) is 42.5 Å². The molecule has 2 atom stereocenters. The highest BCUT2D eigenvalue weighted by molar-refractivity contribution is 5.93. The monoisotopic (exact) mass is 472 g/mol. The first-order valence-electron chi connectivity index (χ1n) is 11.2. The molecule has 8 nitrogen and oxygen atoms in total. The van der Waals surface area contributed by atoms with Gasteiger partial charge in [-0.25, -0.2) is 9.18 Å². The van der Waals surface area contributed by atoms with Gasteiger partial charge in [0.2, 0.25) is 0 Å². The number of anilines is 1. The molecule has 9 heteroatoms. The molecule has 0 bridgehead atoms. The normalized spacial score (nSPS) is 17.4. The molecule has 0 saturated heterocycles. The molecule has 3 rings (SSSR count). The fourth-order valence-electron chi connectivity index (χ4n) is 3.78. The van der Waals surface area contributed by atoms with Crippen molar-refractivity contribution in [2.75, 3.05) is 25.6 Å². The van der Waals surface area contributed by atoms with Gasteiger partial charge in [0.25, 0.3) is 11.8 Å². The fraction of sp³-hybridized carbons (Fsp3) is 0.400. The number of amides is 2. The lowest BCUT2D eigenvalue weighted by atomic mass is 9.86. The summed E-state index contributed by atoms with van der Waals surface area (Å²) in [4.78, 5) is 36.6. The van der Waals surface area contributed by atoms with Crippen molar-refractivity contribution in [1.29, 1.82) is 0 Å². The molecule has 0 radical (unpaired) electrons. The van der Waals surface area contributed by atoms with Crippen molar-refractivity contribution in [2.24, 2.45) is 5.92 Å². The molecule has 1 aliphatic carbocycles. The van der Waals surface area contributed by atoms with Gasteiger partial charge < -0.3 is 24.8 Å². The Labute approximate surface area is 197 Å². The first kappa shape index (κ1) is 25.0. The Morgan fingerprint density at radius 1 is 0.971 bits per heavy atom. The highest BCUT2D eigenvalue weighted by Gasteiger charge is 2.23. The summed E-state index contributed by atoms with van der Waals surface area (Å²) in [5.41, 5.74) is 0.612. The maximum atomic E-state index is 13.0. The molecule has 1 aliphatic rings. The van der Waals surface area contributed by atoms with Crippen LogP contribution in [-0.2, 0) is 14.3 Å². The average Bonchev–Trinajstić information content (AvgIpc) is 2.84. The van der Waals surface area contributed by atoms with Crippen molar-refractivity contribution in [2.45, 2.75) is 38.6 Å². The van der Waals surface area contributed by atoms with Crippen LogP contribution in [-0.4, -0.2) is 44.1 Å². The predicted octanol–water partition coefficient (Wildman–Crippen LogP) is 3.70. The largest absolute Gasteiger partial charge is 0.493 e. The Morgan fingerprint density at radius 3 is 2.41 bits per heavy atom. The van der Waals surface area contributed by atoms with Gasteiger partial charge in [0, 0.05) is 11.7 Å². The van der Waals surface area contributed by atoms with E-state index in [0.717, 1.165) is 19.3 Å². The minimum Gasteiger partial charge on any atom is -0.493 e. The summed E-state index contributed by atoms with van der Waals surface area (Å²) >= 11 is 0. The lowest BCUT2D eigenvalue weighted by molar-refractivity contribution is -0.125. The number of esters is 1. The highest BCUT2D eigenvalue weighted by atomic mass is 19.1. The number of benzene rings is 2. The van der Waals surface area contributed by atoms with E-state index in [1.807, 2.05) is 0 Å². The van der Waals surface area contributed by atoms with E-state index in [1.165, 1.54) is 56.0 Å². The Balaban J connectivity index is 1.50. The van der Waals surface area contributed by atoms with Crippen molar-refractivity contribution in [3.8, 4) is 11.5 Å². The number of ether oxygens (including phenoxy) is 3. The molecule has 0 spiro atoms. The first-order valence-corrected chi connectivity index (χ1v) is 11.2. The average molecular weight is 473 g/mol.